The van der Waals surface area contributed by atoms with Crippen molar-refractivity contribution in [2.45, 2.75) is 146 Å². The van der Waals surface area contributed by atoms with Gasteiger partial charge in [-0.1, -0.05) is 96.4 Å². The van der Waals surface area contributed by atoms with Gasteiger partial charge in [0.05, 0.1) is 29.5 Å². The van der Waals surface area contributed by atoms with E-state index in [0.717, 1.165) is 71.9 Å². The number of fused-ring (bicyclic) bond motifs is 2. The zero-order valence-electron chi connectivity index (χ0n) is 34.6. The zero-order valence-corrected chi connectivity index (χ0v) is 37.0. The summed E-state index contributed by atoms with van der Waals surface area (Å²) in [4.78, 5) is 8.69. The molecular weight excluding hydrogens is 744 g/mol. The molecule has 0 unspecified atom stereocenters. The van der Waals surface area contributed by atoms with Crippen molar-refractivity contribution in [1.82, 2.24) is 0 Å². The molecular formula is C46H64ClN2O4S2+. The minimum absolute atomic E-state index is 0.205. The summed E-state index contributed by atoms with van der Waals surface area (Å²) in [6.45, 7) is 15.4. The van der Waals surface area contributed by atoms with Crippen molar-refractivity contribution < 1.29 is 22.2 Å². The first-order valence-corrected chi connectivity index (χ1v) is 23.5. The number of unbranched alkanes of at least 4 members (excludes halogenated alkanes) is 8. The summed E-state index contributed by atoms with van der Waals surface area (Å²) in [5.41, 5.74) is 8.95. The summed E-state index contributed by atoms with van der Waals surface area (Å²) in [5, 5.41) is 0.841. The Bertz CT molecular complexity index is 1950. The molecule has 0 atom stereocenters. The third-order valence-electron chi connectivity index (χ3n) is 11.7. The Morgan fingerprint density at radius 1 is 0.855 bits per heavy atom. The van der Waals surface area contributed by atoms with Crippen LogP contribution in [0.15, 0.2) is 92.4 Å². The fourth-order valence-electron chi connectivity index (χ4n) is 8.46. The molecule has 55 heavy (non-hydrogen) atoms. The molecule has 300 valence electrons. The van der Waals surface area contributed by atoms with E-state index in [1.165, 1.54) is 105 Å². The van der Waals surface area contributed by atoms with Crippen LogP contribution < -0.4 is 4.90 Å². The molecule has 0 bridgehead atoms. The van der Waals surface area contributed by atoms with Crippen LogP contribution in [0.4, 0.5) is 11.4 Å². The molecule has 3 aliphatic rings. The number of sulfone groups is 1. The molecule has 0 saturated heterocycles. The molecule has 0 amide bonds. The molecule has 1 aliphatic carbocycles. The average Bonchev–Trinajstić information content (AvgIpc) is 3.49. The highest BCUT2D eigenvalue weighted by molar-refractivity contribution is 7.94. The first-order chi connectivity index (χ1) is 26.2. The lowest BCUT2D eigenvalue weighted by Crippen LogP contribution is -2.28. The molecule has 6 nitrogen and oxygen atoms in total. The monoisotopic (exact) mass is 807 g/mol. The maximum absolute atomic E-state index is 12.6. The number of allylic oxidation sites excluding steroid dienone is 8. The van der Waals surface area contributed by atoms with Crippen molar-refractivity contribution in [3.05, 3.63) is 93.7 Å². The molecule has 9 heteroatoms. The summed E-state index contributed by atoms with van der Waals surface area (Å²) < 4.78 is 32.9. The molecule has 2 aliphatic heterocycles. The van der Waals surface area contributed by atoms with Gasteiger partial charge in [-0.25, -0.2) is 13.3 Å². The van der Waals surface area contributed by atoms with E-state index in [9.17, 15) is 8.42 Å². The second kappa shape index (κ2) is 19.2. The number of hydrogen-bond donors (Lipinski definition) is 0. The van der Waals surface area contributed by atoms with Crippen LogP contribution in [-0.2, 0) is 29.9 Å². The zero-order chi connectivity index (χ0) is 39.8. The summed E-state index contributed by atoms with van der Waals surface area (Å²) in [6.07, 6.45) is 25.4. The van der Waals surface area contributed by atoms with Gasteiger partial charge in [0.2, 0.25) is 5.69 Å². The molecule has 0 aromatic heterocycles. The van der Waals surface area contributed by atoms with Crippen molar-refractivity contribution >= 4 is 50.6 Å². The first-order valence-electron chi connectivity index (χ1n) is 20.5. The minimum atomic E-state index is -3.33. The predicted octanol–water partition coefficient (Wildman–Crippen LogP) is 12.8. The highest BCUT2D eigenvalue weighted by Crippen LogP contribution is 2.49. The Balaban J connectivity index is 1.48. The van der Waals surface area contributed by atoms with Crippen molar-refractivity contribution in [1.29, 1.82) is 0 Å². The molecule has 0 radical (unpaired) electrons. The van der Waals surface area contributed by atoms with E-state index >= 15 is 0 Å². The first kappa shape index (κ1) is 43.5. The second-order valence-electron chi connectivity index (χ2n) is 16.5. The third kappa shape index (κ3) is 10.1. The van der Waals surface area contributed by atoms with Crippen LogP contribution >= 0.6 is 23.6 Å². The van der Waals surface area contributed by atoms with Gasteiger partial charge in [-0.2, -0.15) is 8.91 Å². The smallest absolute Gasteiger partial charge is 0.209 e. The van der Waals surface area contributed by atoms with Gasteiger partial charge >= 0.3 is 0 Å². The second-order valence-corrected chi connectivity index (χ2v) is 19.7. The van der Waals surface area contributed by atoms with E-state index in [1.54, 1.807) is 6.07 Å². The molecule has 2 heterocycles. The van der Waals surface area contributed by atoms with E-state index in [0.29, 0.717) is 4.90 Å². The van der Waals surface area contributed by atoms with Gasteiger partial charge in [-0.15, -0.1) is 0 Å². The summed E-state index contributed by atoms with van der Waals surface area (Å²) >= 11 is 8.56. The SMILES string of the molecule is CCCCCCCN1C(=CC=C2CCCC(C=CC3=[N+](CCCCCCC)c4ccc(SOOC)cc4C3(C)C)=C2Cl)C(C)(C)c2cc(S(C)(=O)=O)ccc21. The fourth-order valence-corrected chi connectivity index (χ4v) is 9.86. The van der Waals surface area contributed by atoms with Crippen LogP contribution in [0.1, 0.15) is 136 Å². The maximum atomic E-state index is 12.6. The van der Waals surface area contributed by atoms with Gasteiger partial charge in [0, 0.05) is 63.7 Å². The van der Waals surface area contributed by atoms with Gasteiger partial charge in [0.25, 0.3) is 0 Å². The van der Waals surface area contributed by atoms with Gasteiger partial charge in [-0.3, -0.25) is 0 Å². The standard InChI is InChI=1S/C46H64ClN2O4S2/c1-9-11-13-15-17-30-48-40-26-24-36(54-53-52-7)32-38(40)45(3,4)42(48)28-22-34-20-19-21-35(44(34)47)23-29-43-46(5,6)39-33-37(55(8,50)51)25-27-41(39)49(43)31-18-16-14-12-10-2/h22-29,32-33H,9-21,30-31H2,1-8H3/q+1. The topological polar surface area (TPSA) is 58.9 Å². The average molecular weight is 809 g/mol. The molecule has 0 spiro atoms. The molecule has 2 aromatic carbocycles. The fraction of sp³-hybridized carbons (Fsp3) is 0.543. The largest absolute Gasteiger partial charge is 0.344 e. The Hall–Kier alpha value is -2.62. The highest BCUT2D eigenvalue weighted by atomic mass is 35.5. The van der Waals surface area contributed by atoms with E-state index in [4.69, 9.17) is 20.8 Å². The van der Waals surface area contributed by atoms with Crippen LogP contribution in [0.5, 0.6) is 0 Å². The number of anilines is 1. The van der Waals surface area contributed by atoms with Gasteiger partial charge < -0.3 is 4.90 Å². The quantitative estimate of drug-likeness (QED) is 0.0463. The summed E-state index contributed by atoms with van der Waals surface area (Å²) in [5.74, 6) is 0. The van der Waals surface area contributed by atoms with Gasteiger partial charge in [0.1, 0.15) is 6.54 Å². The molecule has 0 N–H and O–H groups in total. The van der Waals surface area contributed by atoms with Crippen molar-refractivity contribution in [3.63, 3.8) is 0 Å². The Morgan fingerprint density at radius 2 is 1.56 bits per heavy atom. The Morgan fingerprint density at radius 3 is 2.25 bits per heavy atom. The predicted molar refractivity (Wildman–Crippen MR) is 233 cm³/mol. The van der Waals surface area contributed by atoms with E-state index in [2.05, 4.69) is 93.5 Å². The van der Waals surface area contributed by atoms with Crippen LogP contribution in [0.2, 0.25) is 0 Å². The lowest BCUT2D eigenvalue weighted by atomic mass is 9.81. The number of rotatable bonds is 19. The Labute approximate surface area is 341 Å². The number of halogens is 1. The summed E-state index contributed by atoms with van der Waals surface area (Å²) in [6, 6.07) is 12.2. The number of hydrogen-bond acceptors (Lipinski definition) is 6. The van der Waals surface area contributed by atoms with E-state index in [-0.39, 0.29) is 10.8 Å². The lowest BCUT2D eigenvalue weighted by Gasteiger charge is -2.27. The summed E-state index contributed by atoms with van der Waals surface area (Å²) in [7, 11) is -1.80. The minimum Gasteiger partial charge on any atom is -0.344 e. The number of nitrogens with zero attached hydrogens (tertiary/aromatic N) is 2. The normalized spacial score (nSPS) is 19.4. The maximum Gasteiger partial charge on any atom is 0.209 e. The lowest BCUT2D eigenvalue weighted by molar-refractivity contribution is -0.438. The van der Waals surface area contributed by atoms with Crippen LogP contribution in [0.25, 0.3) is 0 Å². The molecule has 0 saturated carbocycles. The molecule has 5 rings (SSSR count). The van der Waals surface area contributed by atoms with Crippen LogP contribution in [-0.4, -0.2) is 45.2 Å². The van der Waals surface area contributed by atoms with Crippen LogP contribution in [0, 0.1) is 0 Å². The highest BCUT2D eigenvalue weighted by Gasteiger charge is 2.44. The van der Waals surface area contributed by atoms with Crippen molar-refractivity contribution in [3.8, 4) is 0 Å². The van der Waals surface area contributed by atoms with E-state index in [1.807, 2.05) is 12.1 Å². The third-order valence-corrected chi connectivity index (χ3v) is 13.9. The number of benzene rings is 2. The van der Waals surface area contributed by atoms with Crippen LogP contribution in [0.3, 0.4) is 0 Å². The van der Waals surface area contributed by atoms with Gasteiger partial charge in [-0.05, 0) is 99.1 Å². The van der Waals surface area contributed by atoms with Gasteiger partial charge in [0.15, 0.2) is 15.5 Å². The van der Waals surface area contributed by atoms with Crippen molar-refractivity contribution in [2.75, 3.05) is 31.4 Å². The Kier molecular flexibility index (Phi) is 15.2. The van der Waals surface area contributed by atoms with Crippen molar-refractivity contribution in [2.24, 2.45) is 0 Å². The molecule has 2 aromatic rings. The molecule has 0 fully saturated rings. The van der Waals surface area contributed by atoms with E-state index < -0.39 is 9.84 Å².